The van der Waals surface area contributed by atoms with E-state index < -0.39 is 0 Å². The van der Waals surface area contributed by atoms with E-state index in [4.69, 9.17) is 5.73 Å². The highest BCUT2D eigenvalue weighted by Gasteiger charge is 2.21. The minimum atomic E-state index is -0.136. The number of hydrogen-bond donors (Lipinski definition) is 1. The third-order valence-electron chi connectivity index (χ3n) is 2.07. The first-order chi connectivity index (χ1) is 6.09. The fraction of sp³-hybridized carbons (Fsp3) is 0.625. The van der Waals surface area contributed by atoms with Crippen molar-refractivity contribution >= 4 is 0 Å². The van der Waals surface area contributed by atoms with Crippen LogP contribution in [0.2, 0.25) is 0 Å². The Kier molecular flexibility index (Phi) is 2.77. The molecule has 0 aromatic carbocycles. The van der Waals surface area contributed by atoms with Crippen molar-refractivity contribution in [2.75, 3.05) is 6.54 Å². The zero-order chi connectivity index (χ0) is 9.90. The number of aromatic nitrogens is 4. The number of rotatable bonds is 4. The summed E-state index contributed by atoms with van der Waals surface area (Å²) < 4.78 is 0. The Morgan fingerprint density at radius 3 is 2.77 bits per heavy atom. The van der Waals surface area contributed by atoms with Crippen molar-refractivity contribution in [2.24, 2.45) is 18.2 Å². The van der Waals surface area contributed by atoms with E-state index in [-0.39, 0.29) is 5.41 Å². The molecule has 2 N–H and O–H groups in total. The molecule has 13 heavy (non-hydrogen) atoms. The van der Waals surface area contributed by atoms with Crippen LogP contribution in [0.15, 0.2) is 12.7 Å². The summed E-state index contributed by atoms with van der Waals surface area (Å²) in [5.74, 6) is 0.704. The summed E-state index contributed by atoms with van der Waals surface area (Å²) in [6.07, 6.45) is 2.52. The molecule has 1 unspecified atom stereocenters. The SMILES string of the molecule is C=CC(C)(CN)Cc1nnn(C)n1. The monoisotopic (exact) mass is 181 g/mol. The van der Waals surface area contributed by atoms with Crippen molar-refractivity contribution in [3.63, 3.8) is 0 Å². The van der Waals surface area contributed by atoms with Crippen LogP contribution in [0.5, 0.6) is 0 Å². The van der Waals surface area contributed by atoms with E-state index in [9.17, 15) is 0 Å². The van der Waals surface area contributed by atoms with Gasteiger partial charge in [-0.15, -0.1) is 16.8 Å². The van der Waals surface area contributed by atoms with Crippen LogP contribution in [0.25, 0.3) is 0 Å². The normalized spacial score (nSPS) is 15.3. The lowest BCUT2D eigenvalue weighted by Crippen LogP contribution is -2.27. The van der Waals surface area contributed by atoms with Crippen LogP contribution in [0, 0.1) is 5.41 Å². The number of tetrazole rings is 1. The largest absolute Gasteiger partial charge is 0.330 e. The Hall–Kier alpha value is -1.23. The summed E-state index contributed by atoms with van der Waals surface area (Å²) in [5, 5.41) is 11.7. The summed E-state index contributed by atoms with van der Waals surface area (Å²) in [5.41, 5.74) is 5.48. The van der Waals surface area contributed by atoms with Crippen molar-refractivity contribution in [3.8, 4) is 0 Å². The van der Waals surface area contributed by atoms with Gasteiger partial charge in [-0.05, 0) is 5.21 Å². The zero-order valence-corrected chi connectivity index (χ0v) is 8.06. The van der Waals surface area contributed by atoms with Gasteiger partial charge in [0, 0.05) is 18.4 Å². The lowest BCUT2D eigenvalue weighted by molar-refractivity contribution is 0.427. The molecule has 0 spiro atoms. The summed E-state index contributed by atoms with van der Waals surface area (Å²) >= 11 is 0. The van der Waals surface area contributed by atoms with Crippen LogP contribution in [-0.4, -0.2) is 26.8 Å². The van der Waals surface area contributed by atoms with Crippen molar-refractivity contribution in [3.05, 3.63) is 18.5 Å². The second-order valence-electron chi connectivity index (χ2n) is 3.43. The minimum absolute atomic E-state index is 0.136. The van der Waals surface area contributed by atoms with Gasteiger partial charge in [-0.2, -0.15) is 4.80 Å². The van der Waals surface area contributed by atoms with E-state index >= 15 is 0 Å². The molecule has 0 fully saturated rings. The first-order valence-electron chi connectivity index (χ1n) is 4.16. The molecule has 0 bridgehead atoms. The number of aryl methyl sites for hydroxylation is 1. The second-order valence-corrected chi connectivity index (χ2v) is 3.43. The van der Waals surface area contributed by atoms with Crippen LogP contribution < -0.4 is 5.73 Å². The molecule has 0 saturated carbocycles. The van der Waals surface area contributed by atoms with Crippen molar-refractivity contribution in [1.29, 1.82) is 0 Å². The highest BCUT2D eigenvalue weighted by atomic mass is 15.6. The summed E-state index contributed by atoms with van der Waals surface area (Å²) in [4.78, 5) is 1.44. The maximum absolute atomic E-state index is 5.62. The maximum Gasteiger partial charge on any atom is 0.175 e. The molecule has 1 rings (SSSR count). The first kappa shape index (κ1) is 9.85. The predicted octanol–water partition coefficient (Wildman–Crippen LogP) is -0.0964. The van der Waals surface area contributed by atoms with Crippen molar-refractivity contribution < 1.29 is 0 Å². The highest BCUT2D eigenvalue weighted by molar-refractivity contribution is 4.99. The summed E-state index contributed by atoms with van der Waals surface area (Å²) in [6, 6.07) is 0. The zero-order valence-electron chi connectivity index (χ0n) is 8.06. The lowest BCUT2D eigenvalue weighted by atomic mass is 9.87. The average molecular weight is 181 g/mol. The molecule has 0 aliphatic rings. The van der Waals surface area contributed by atoms with Crippen LogP contribution in [0.1, 0.15) is 12.7 Å². The lowest BCUT2D eigenvalue weighted by Gasteiger charge is -2.20. The molecule has 0 radical (unpaired) electrons. The molecule has 5 heteroatoms. The molecular weight excluding hydrogens is 166 g/mol. The topological polar surface area (TPSA) is 69.6 Å². The fourth-order valence-electron chi connectivity index (χ4n) is 0.983. The molecule has 0 aliphatic heterocycles. The first-order valence-corrected chi connectivity index (χ1v) is 4.16. The smallest absolute Gasteiger partial charge is 0.175 e. The molecule has 5 nitrogen and oxygen atoms in total. The number of nitrogens with two attached hydrogens (primary N) is 1. The van der Waals surface area contributed by atoms with Crippen LogP contribution >= 0.6 is 0 Å². The van der Waals surface area contributed by atoms with Gasteiger partial charge in [-0.25, -0.2) is 0 Å². The molecule has 0 aliphatic carbocycles. The van der Waals surface area contributed by atoms with Gasteiger partial charge >= 0.3 is 0 Å². The van der Waals surface area contributed by atoms with E-state index in [1.807, 2.05) is 13.0 Å². The van der Waals surface area contributed by atoms with Gasteiger partial charge in [0.05, 0.1) is 7.05 Å². The van der Waals surface area contributed by atoms with Crippen LogP contribution in [-0.2, 0) is 13.5 Å². The van der Waals surface area contributed by atoms with E-state index in [0.717, 1.165) is 0 Å². The van der Waals surface area contributed by atoms with E-state index in [0.29, 0.717) is 18.8 Å². The van der Waals surface area contributed by atoms with Gasteiger partial charge < -0.3 is 5.73 Å². The third kappa shape index (κ3) is 2.35. The molecule has 72 valence electrons. The van der Waals surface area contributed by atoms with Gasteiger partial charge in [0.2, 0.25) is 0 Å². The standard InChI is InChI=1S/C8H15N5/c1-4-8(2,6-9)5-7-10-12-13(3)11-7/h4H,1,5-6,9H2,2-3H3. The Balaban J connectivity index is 2.72. The summed E-state index contributed by atoms with van der Waals surface area (Å²) in [6.45, 7) is 6.30. The Labute approximate surface area is 77.6 Å². The van der Waals surface area contributed by atoms with Gasteiger partial charge in [-0.1, -0.05) is 13.0 Å². The second kappa shape index (κ2) is 3.66. The minimum Gasteiger partial charge on any atom is -0.330 e. The number of hydrogen-bond acceptors (Lipinski definition) is 4. The van der Waals surface area contributed by atoms with Crippen molar-refractivity contribution in [2.45, 2.75) is 13.3 Å². The predicted molar refractivity (Wildman–Crippen MR) is 49.9 cm³/mol. The number of nitrogens with zero attached hydrogens (tertiary/aromatic N) is 4. The maximum atomic E-state index is 5.62. The third-order valence-corrected chi connectivity index (χ3v) is 2.07. The highest BCUT2D eigenvalue weighted by Crippen LogP contribution is 2.19. The molecule has 1 atom stereocenters. The van der Waals surface area contributed by atoms with E-state index in [1.54, 1.807) is 7.05 Å². The average Bonchev–Trinajstić information content (AvgIpc) is 2.51. The van der Waals surface area contributed by atoms with Crippen molar-refractivity contribution in [1.82, 2.24) is 20.2 Å². The van der Waals surface area contributed by atoms with Gasteiger partial charge in [0.15, 0.2) is 5.82 Å². The molecule has 0 saturated heterocycles. The van der Waals surface area contributed by atoms with Gasteiger partial charge in [0.25, 0.3) is 0 Å². The van der Waals surface area contributed by atoms with Crippen LogP contribution in [0.3, 0.4) is 0 Å². The fourth-order valence-corrected chi connectivity index (χ4v) is 0.983. The summed E-state index contributed by atoms with van der Waals surface area (Å²) in [7, 11) is 1.74. The Bertz CT molecular complexity index is 292. The molecule has 1 aromatic heterocycles. The van der Waals surface area contributed by atoms with Gasteiger partial charge in [0.1, 0.15) is 0 Å². The van der Waals surface area contributed by atoms with E-state index in [1.165, 1.54) is 4.80 Å². The van der Waals surface area contributed by atoms with E-state index in [2.05, 4.69) is 22.0 Å². The van der Waals surface area contributed by atoms with Crippen LogP contribution in [0.4, 0.5) is 0 Å². The molecule has 1 aromatic rings. The Morgan fingerprint density at radius 2 is 2.38 bits per heavy atom. The quantitative estimate of drug-likeness (QED) is 0.659. The molecule has 1 heterocycles. The Morgan fingerprint density at radius 1 is 1.69 bits per heavy atom. The van der Waals surface area contributed by atoms with Gasteiger partial charge in [-0.3, -0.25) is 0 Å². The molecular formula is C8H15N5. The molecule has 0 amide bonds.